The van der Waals surface area contributed by atoms with Gasteiger partial charge in [0.05, 0.1) is 6.10 Å². The van der Waals surface area contributed by atoms with Crippen molar-refractivity contribution in [1.29, 1.82) is 0 Å². The van der Waals surface area contributed by atoms with Gasteiger partial charge in [0.1, 0.15) is 5.75 Å². The zero-order valence-corrected chi connectivity index (χ0v) is 18.5. The van der Waals surface area contributed by atoms with Crippen LogP contribution in [-0.2, 0) is 22.4 Å². The van der Waals surface area contributed by atoms with Crippen LogP contribution < -0.4 is 4.74 Å². The first kappa shape index (κ1) is 22.5. The molecule has 4 nitrogen and oxygen atoms in total. The first-order valence-corrected chi connectivity index (χ1v) is 10.9. The van der Waals surface area contributed by atoms with Gasteiger partial charge in [-0.2, -0.15) is 0 Å². The second kappa shape index (κ2) is 10.8. The summed E-state index contributed by atoms with van der Waals surface area (Å²) in [6.45, 7) is 5.63. The molecule has 0 heterocycles. The molecule has 0 amide bonds. The largest absolute Gasteiger partial charge is 0.482 e. The molecule has 162 valence electrons. The molecule has 0 saturated heterocycles. The van der Waals surface area contributed by atoms with Crippen LogP contribution in [0.1, 0.15) is 55.1 Å². The number of carbonyl (C=O) groups is 2. The Morgan fingerprint density at radius 3 is 2.52 bits per heavy atom. The molecule has 0 unspecified atom stereocenters. The number of hydrogen-bond donors (Lipinski definition) is 0. The minimum atomic E-state index is -0.412. The first-order chi connectivity index (χ1) is 15.0. The highest BCUT2D eigenvalue weighted by Gasteiger charge is 2.12. The maximum atomic E-state index is 13.1. The van der Waals surface area contributed by atoms with Gasteiger partial charge in [0.15, 0.2) is 12.4 Å². The Balaban J connectivity index is 1.71. The summed E-state index contributed by atoms with van der Waals surface area (Å²) < 4.78 is 10.6. The molecule has 3 rings (SSSR count). The van der Waals surface area contributed by atoms with Crippen molar-refractivity contribution in [1.82, 2.24) is 0 Å². The van der Waals surface area contributed by atoms with Crippen LogP contribution in [0.3, 0.4) is 0 Å². The van der Waals surface area contributed by atoms with Gasteiger partial charge in [-0.25, -0.2) is 4.79 Å². The van der Waals surface area contributed by atoms with Crippen LogP contribution in [0.2, 0.25) is 0 Å². The topological polar surface area (TPSA) is 52.6 Å². The lowest BCUT2D eigenvalue weighted by Gasteiger charge is -2.11. The summed E-state index contributed by atoms with van der Waals surface area (Å²) in [6.07, 6.45) is 3.48. The average molecular weight is 419 g/mol. The summed E-state index contributed by atoms with van der Waals surface area (Å²) in [5.41, 5.74) is 2.88. The third-order valence-corrected chi connectivity index (χ3v) is 5.05. The minimum absolute atomic E-state index is 0.0586. The highest BCUT2D eigenvalue weighted by atomic mass is 16.6. The van der Waals surface area contributed by atoms with Gasteiger partial charge in [0.25, 0.3) is 0 Å². The van der Waals surface area contributed by atoms with E-state index in [4.69, 9.17) is 9.47 Å². The number of Topliss-reactive ketones (excluding diaryl/α,β-unsaturated/α-hetero) is 1. The van der Waals surface area contributed by atoms with Gasteiger partial charge in [-0.15, -0.1) is 0 Å². The van der Waals surface area contributed by atoms with Crippen LogP contribution in [0, 0.1) is 0 Å². The van der Waals surface area contributed by atoms with Crippen molar-refractivity contribution < 1.29 is 19.1 Å². The summed E-state index contributed by atoms with van der Waals surface area (Å²) >= 11 is 0. The normalized spacial score (nSPS) is 11.0. The molecule has 3 aromatic carbocycles. The van der Waals surface area contributed by atoms with Crippen molar-refractivity contribution in [3.8, 4) is 5.75 Å². The van der Waals surface area contributed by atoms with E-state index >= 15 is 0 Å². The highest BCUT2D eigenvalue weighted by Crippen LogP contribution is 2.23. The lowest BCUT2D eigenvalue weighted by Crippen LogP contribution is -2.18. The molecule has 0 fully saturated rings. The molecule has 0 radical (unpaired) electrons. The molecule has 0 N–H and O–H groups in total. The Morgan fingerprint density at radius 1 is 0.935 bits per heavy atom. The molecule has 0 aliphatic rings. The van der Waals surface area contributed by atoms with Crippen molar-refractivity contribution >= 4 is 22.5 Å². The molecule has 0 spiro atoms. The monoisotopic (exact) mass is 418 g/mol. The molecule has 0 aliphatic heterocycles. The number of ether oxygens (including phenoxy) is 2. The fraction of sp³-hybridized carbons (Fsp3) is 0.333. The smallest absolute Gasteiger partial charge is 0.344 e. The van der Waals surface area contributed by atoms with Gasteiger partial charge in [-0.05, 0) is 60.7 Å². The second-order valence-electron chi connectivity index (χ2n) is 8.04. The molecule has 0 atom stereocenters. The van der Waals surface area contributed by atoms with Crippen LogP contribution in [0.25, 0.3) is 10.8 Å². The third-order valence-electron chi connectivity index (χ3n) is 5.05. The van der Waals surface area contributed by atoms with E-state index in [1.807, 2.05) is 24.3 Å². The lowest BCUT2D eigenvalue weighted by molar-refractivity contribution is -0.149. The van der Waals surface area contributed by atoms with Crippen LogP contribution in [-0.4, -0.2) is 24.5 Å². The maximum absolute atomic E-state index is 13.1. The molecule has 0 bridgehead atoms. The molecule has 0 saturated carbocycles. The summed E-state index contributed by atoms with van der Waals surface area (Å²) in [5, 5.41) is 2.08. The van der Waals surface area contributed by atoms with E-state index in [-0.39, 0.29) is 24.9 Å². The van der Waals surface area contributed by atoms with Crippen molar-refractivity contribution in [3.63, 3.8) is 0 Å². The van der Waals surface area contributed by atoms with E-state index in [0.717, 1.165) is 41.2 Å². The molecule has 0 aromatic heterocycles. The SMILES string of the molecule is CCCCc1ccc2c(C(=O)Cc3cccc(OCC(=O)OC(C)C)c3)cccc2c1. The molecular formula is C27H30O4. The Morgan fingerprint density at radius 2 is 1.74 bits per heavy atom. The Hall–Kier alpha value is -3.14. The highest BCUT2D eigenvalue weighted by molar-refractivity contribution is 6.09. The molecule has 3 aromatic rings. The Bertz CT molecular complexity index is 1050. The van der Waals surface area contributed by atoms with Crippen molar-refractivity contribution in [3.05, 3.63) is 77.4 Å². The Labute approximate surface area is 184 Å². The van der Waals surface area contributed by atoms with E-state index < -0.39 is 5.97 Å². The van der Waals surface area contributed by atoms with Gasteiger partial charge >= 0.3 is 5.97 Å². The van der Waals surface area contributed by atoms with Crippen LogP contribution in [0.4, 0.5) is 0 Å². The zero-order chi connectivity index (χ0) is 22.2. The number of ketones is 1. The number of carbonyl (C=O) groups excluding carboxylic acids is 2. The summed E-state index contributed by atoms with van der Waals surface area (Å²) in [4.78, 5) is 24.7. The lowest BCUT2D eigenvalue weighted by atomic mass is 9.95. The number of aryl methyl sites for hydroxylation is 1. The molecule has 31 heavy (non-hydrogen) atoms. The fourth-order valence-electron chi connectivity index (χ4n) is 3.58. The zero-order valence-electron chi connectivity index (χ0n) is 18.5. The standard InChI is InChI=1S/C27H30O4/c1-4-5-8-20-13-14-24-22(15-20)10-7-12-25(24)26(28)17-21-9-6-11-23(16-21)30-18-27(29)31-19(2)3/h6-7,9-16,19H,4-5,8,17-18H2,1-3H3. The van der Waals surface area contributed by atoms with Crippen LogP contribution in [0.15, 0.2) is 60.7 Å². The molecular weight excluding hydrogens is 388 g/mol. The predicted molar refractivity (Wildman–Crippen MR) is 124 cm³/mol. The van der Waals surface area contributed by atoms with Crippen LogP contribution >= 0.6 is 0 Å². The second-order valence-corrected chi connectivity index (χ2v) is 8.04. The van der Waals surface area contributed by atoms with E-state index in [1.54, 1.807) is 26.0 Å². The average Bonchev–Trinajstić information content (AvgIpc) is 2.75. The predicted octanol–water partition coefficient (Wildman–Crippen LogP) is 5.94. The number of benzene rings is 3. The maximum Gasteiger partial charge on any atom is 0.344 e. The third kappa shape index (κ3) is 6.42. The number of unbranched alkanes of at least 4 members (excludes halogenated alkanes) is 1. The number of esters is 1. The van der Waals surface area contributed by atoms with Gasteiger partial charge in [0.2, 0.25) is 0 Å². The minimum Gasteiger partial charge on any atom is -0.482 e. The van der Waals surface area contributed by atoms with E-state index in [2.05, 4.69) is 31.2 Å². The Kier molecular flexibility index (Phi) is 7.82. The quantitative estimate of drug-likeness (QED) is 0.302. The van der Waals surface area contributed by atoms with Gasteiger partial charge in [0, 0.05) is 12.0 Å². The molecule has 0 aliphatic carbocycles. The van der Waals surface area contributed by atoms with Crippen molar-refractivity contribution in [2.75, 3.05) is 6.61 Å². The first-order valence-electron chi connectivity index (χ1n) is 10.9. The number of rotatable bonds is 10. The van der Waals surface area contributed by atoms with Crippen molar-refractivity contribution in [2.24, 2.45) is 0 Å². The summed E-state index contributed by atoms with van der Waals surface area (Å²) in [6, 6.07) is 19.6. The summed E-state index contributed by atoms with van der Waals surface area (Å²) in [7, 11) is 0. The van der Waals surface area contributed by atoms with E-state index in [0.29, 0.717) is 5.75 Å². The van der Waals surface area contributed by atoms with Gasteiger partial charge in [-0.1, -0.05) is 61.9 Å². The number of fused-ring (bicyclic) bond motifs is 1. The summed E-state index contributed by atoms with van der Waals surface area (Å²) in [5.74, 6) is 0.193. The molecule has 4 heteroatoms. The van der Waals surface area contributed by atoms with E-state index in [9.17, 15) is 9.59 Å². The van der Waals surface area contributed by atoms with Crippen LogP contribution in [0.5, 0.6) is 5.75 Å². The van der Waals surface area contributed by atoms with E-state index in [1.165, 1.54) is 5.56 Å². The van der Waals surface area contributed by atoms with Gasteiger partial charge < -0.3 is 9.47 Å². The van der Waals surface area contributed by atoms with Crippen molar-refractivity contribution in [2.45, 2.75) is 52.6 Å². The van der Waals surface area contributed by atoms with Gasteiger partial charge in [-0.3, -0.25) is 4.79 Å². The number of hydrogen-bond acceptors (Lipinski definition) is 4. The fourth-order valence-corrected chi connectivity index (χ4v) is 3.58.